The van der Waals surface area contributed by atoms with Gasteiger partial charge in [0.1, 0.15) is 0 Å². The molecule has 2 aromatic carbocycles. The van der Waals surface area contributed by atoms with Crippen molar-refractivity contribution < 1.29 is 0 Å². The van der Waals surface area contributed by atoms with Gasteiger partial charge in [0.25, 0.3) is 0 Å². The van der Waals surface area contributed by atoms with Crippen LogP contribution in [-0.2, 0) is 0 Å². The molecule has 1 aliphatic carbocycles. The summed E-state index contributed by atoms with van der Waals surface area (Å²) in [7, 11) is 3.74. The molecule has 0 bridgehead atoms. The second-order valence-electron chi connectivity index (χ2n) is 6.89. The summed E-state index contributed by atoms with van der Waals surface area (Å²) in [5.41, 5.74) is 5.45. The van der Waals surface area contributed by atoms with Crippen LogP contribution in [0.3, 0.4) is 0 Å². The predicted octanol–water partition coefficient (Wildman–Crippen LogP) is 7.60. The molecule has 1 aliphatic rings. The molecule has 134 valence electrons. The summed E-state index contributed by atoms with van der Waals surface area (Å²) in [6.45, 7) is 8.24. The van der Waals surface area contributed by atoms with Gasteiger partial charge in [-0.05, 0) is 67.3 Å². The van der Waals surface area contributed by atoms with Crippen molar-refractivity contribution >= 4 is 17.2 Å². The fourth-order valence-electron chi connectivity index (χ4n) is 3.38. The molecule has 0 amide bonds. The summed E-state index contributed by atoms with van der Waals surface area (Å²) >= 11 is 0. The summed E-state index contributed by atoms with van der Waals surface area (Å²) < 4.78 is 0. The van der Waals surface area contributed by atoms with Crippen LogP contribution >= 0.6 is 17.2 Å². The Bertz CT molecular complexity index is 618. The molecule has 0 aromatic heterocycles. The van der Waals surface area contributed by atoms with Crippen LogP contribution in [0.25, 0.3) is 11.1 Å². The number of rotatable bonds is 4. The van der Waals surface area contributed by atoms with E-state index in [2.05, 4.69) is 84.0 Å². The second kappa shape index (κ2) is 10.9. The highest BCUT2D eigenvalue weighted by molar-refractivity contribution is 8.02. The summed E-state index contributed by atoms with van der Waals surface area (Å²) in [5, 5.41) is 0. The Morgan fingerprint density at radius 2 is 1.44 bits per heavy atom. The van der Waals surface area contributed by atoms with Crippen LogP contribution in [0, 0.1) is 12.8 Å². The van der Waals surface area contributed by atoms with Gasteiger partial charge in [-0.15, -0.1) is 23.8 Å². The topological polar surface area (TPSA) is 0 Å². The van der Waals surface area contributed by atoms with Crippen LogP contribution < -0.4 is 0 Å². The van der Waals surface area contributed by atoms with Gasteiger partial charge in [0.2, 0.25) is 0 Å². The fraction of sp³-hybridized carbons (Fsp3) is 0.391. The molecule has 0 radical (unpaired) electrons. The molecule has 0 N–H and O–H groups in total. The Balaban J connectivity index is 0.000000511. The molecular weight excluding hydrogens is 338 g/mol. The molecule has 0 aliphatic heterocycles. The Labute approximate surface area is 158 Å². The lowest BCUT2D eigenvalue weighted by atomic mass is 9.78. The van der Waals surface area contributed by atoms with Gasteiger partial charge in [0.05, 0.1) is 0 Å². The summed E-state index contributed by atoms with van der Waals surface area (Å²) in [6.07, 6.45) is 8.66. The molecular formula is C23H32P2. The van der Waals surface area contributed by atoms with Crippen LogP contribution in [0.5, 0.6) is 0 Å². The SMILES string of the molecule is C=CC1CCC(c2ccc(-c3ccc(C)cc3)cc2)CC1.CCPP. The molecule has 1 fully saturated rings. The van der Waals surface area contributed by atoms with E-state index in [1.165, 1.54) is 54.1 Å². The van der Waals surface area contributed by atoms with E-state index < -0.39 is 0 Å². The molecule has 25 heavy (non-hydrogen) atoms. The molecule has 2 unspecified atom stereocenters. The van der Waals surface area contributed by atoms with E-state index in [9.17, 15) is 0 Å². The van der Waals surface area contributed by atoms with E-state index >= 15 is 0 Å². The van der Waals surface area contributed by atoms with Gasteiger partial charge in [0, 0.05) is 0 Å². The minimum Gasteiger partial charge on any atom is -0.115 e. The molecule has 0 nitrogen and oxygen atoms in total. The van der Waals surface area contributed by atoms with Crippen LogP contribution in [0.4, 0.5) is 0 Å². The van der Waals surface area contributed by atoms with E-state index in [0.29, 0.717) is 0 Å². The maximum Gasteiger partial charge on any atom is -0.0162 e. The number of hydrogen-bond acceptors (Lipinski definition) is 0. The molecule has 0 heterocycles. The lowest BCUT2D eigenvalue weighted by Crippen LogP contribution is -2.11. The van der Waals surface area contributed by atoms with Gasteiger partial charge in [-0.25, -0.2) is 0 Å². The fourth-order valence-corrected chi connectivity index (χ4v) is 3.38. The second-order valence-corrected chi connectivity index (χ2v) is 9.23. The van der Waals surface area contributed by atoms with Gasteiger partial charge in [0.15, 0.2) is 0 Å². The smallest absolute Gasteiger partial charge is 0.0162 e. The highest BCUT2D eigenvalue weighted by Gasteiger charge is 2.20. The zero-order valence-electron chi connectivity index (χ0n) is 15.7. The molecule has 2 aromatic rings. The van der Waals surface area contributed by atoms with Gasteiger partial charge < -0.3 is 0 Å². The summed E-state index contributed by atoms with van der Waals surface area (Å²) in [4.78, 5) is 0. The van der Waals surface area contributed by atoms with Crippen molar-refractivity contribution in [2.75, 3.05) is 6.16 Å². The molecule has 0 spiro atoms. The van der Waals surface area contributed by atoms with Crippen molar-refractivity contribution in [3.05, 3.63) is 72.3 Å². The monoisotopic (exact) mass is 370 g/mol. The van der Waals surface area contributed by atoms with E-state index in [-0.39, 0.29) is 0 Å². The standard InChI is InChI=1S/C21H24.C2H8P2/c1-3-17-6-10-19(11-7-17)21-14-12-20(13-15-21)18-8-4-16(2)5-9-18;1-2-4-3/h3-5,8-9,12-15,17,19H,1,6-7,10-11H2,2H3;4H,2-3H2,1H3. The molecule has 2 heteroatoms. The lowest BCUT2D eigenvalue weighted by molar-refractivity contribution is 0.376. The Kier molecular flexibility index (Phi) is 8.88. The zero-order valence-corrected chi connectivity index (χ0v) is 17.8. The number of allylic oxidation sites excluding steroid dienone is 1. The third-order valence-electron chi connectivity index (χ3n) is 5.08. The molecule has 2 atom stereocenters. The normalized spacial score (nSPS) is 20.1. The van der Waals surface area contributed by atoms with Crippen molar-refractivity contribution in [2.24, 2.45) is 5.92 Å². The summed E-state index contributed by atoms with van der Waals surface area (Å²) in [5.74, 6) is 1.49. The first kappa shape index (κ1) is 20.4. The first-order valence-electron chi connectivity index (χ1n) is 9.41. The van der Waals surface area contributed by atoms with E-state index in [1.54, 1.807) is 0 Å². The van der Waals surface area contributed by atoms with Crippen molar-refractivity contribution in [3.8, 4) is 11.1 Å². The maximum absolute atomic E-state index is 3.93. The largest absolute Gasteiger partial charge is 0.115 e. The Hall–Kier alpha value is -0.960. The van der Waals surface area contributed by atoms with Crippen molar-refractivity contribution in [1.82, 2.24) is 0 Å². The van der Waals surface area contributed by atoms with Crippen LogP contribution in [0.2, 0.25) is 0 Å². The van der Waals surface area contributed by atoms with E-state index in [1.807, 2.05) is 0 Å². The predicted molar refractivity (Wildman–Crippen MR) is 120 cm³/mol. The average Bonchev–Trinajstić information content (AvgIpc) is 2.69. The minimum atomic E-state index is 0.744. The first-order valence-corrected chi connectivity index (χ1v) is 12.4. The van der Waals surface area contributed by atoms with Crippen LogP contribution in [0.1, 0.15) is 49.7 Å². The van der Waals surface area contributed by atoms with E-state index in [4.69, 9.17) is 0 Å². The van der Waals surface area contributed by atoms with Gasteiger partial charge in [-0.1, -0.05) is 67.1 Å². The molecule has 1 saturated carbocycles. The third kappa shape index (κ3) is 6.36. The zero-order chi connectivity index (χ0) is 18.1. The molecule has 3 rings (SSSR count). The highest BCUT2D eigenvalue weighted by Crippen LogP contribution is 2.36. The number of hydrogen-bond donors (Lipinski definition) is 0. The number of aryl methyl sites for hydroxylation is 1. The quantitative estimate of drug-likeness (QED) is 0.384. The van der Waals surface area contributed by atoms with Crippen molar-refractivity contribution in [3.63, 3.8) is 0 Å². The van der Waals surface area contributed by atoms with Crippen molar-refractivity contribution in [2.45, 2.75) is 45.4 Å². The summed E-state index contributed by atoms with van der Waals surface area (Å²) in [6, 6.07) is 18.0. The maximum atomic E-state index is 3.93. The molecule has 0 saturated heterocycles. The first-order chi connectivity index (χ1) is 12.2. The van der Waals surface area contributed by atoms with Gasteiger partial charge >= 0.3 is 0 Å². The van der Waals surface area contributed by atoms with Crippen molar-refractivity contribution in [1.29, 1.82) is 0 Å². The third-order valence-corrected chi connectivity index (χ3v) is 6.71. The number of benzene rings is 2. The minimum absolute atomic E-state index is 0.744. The van der Waals surface area contributed by atoms with Crippen LogP contribution in [-0.4, -0.2) is 6.16 Å². The lowest BCUT2D eigenvalue weighted by Gasteiger charge is -2.27. The van der Waals surface area contributed by atoms with E-state index in [0.717, 1.165) is 20.1 Å². The van der Waals surface area contributed by atoms with Crippen LogP contribution in [0.15, 0.2) is 61.2 Å². The average molecular weight is 370 g/mol. The Morgan fingerprint density at radius 3 is 1.88 bits per heavy atom. The van der Waals surface area contributed by atoms with Gasteiger partial charge in [-0.2, -0.15) is 0 Å². The Morgan fingerprint density at radius 1 is 0.960 bits per heavy atom. The highest BCUT2D eigenvalue weighted by atomic mass is 32.0. The van der Waals surface area contributed by atoms with Gasteiger partial charge in [-0.3, -0.25) is 0 Å².